The monoisotopic (exact) mass is 470 g/mol. The Labute approximate surface area is 181 Å². The van der Waals surface area contributed by atoms with E-state index in [1.807, 2.05) is 48.5 Å². The van der Waals surface area contributed by atoms with Crippen LogP contribution in [-0.2, 0) is 4.74 Å². The average Bonchev–Trinajstić information content (AvgIpc) is 3.22. The van der Waals surface area contributed by atoms with Crippen molar-refractivity contribution < 1.29 is 19.0 Å². The number of benzene rings is 2. The molecule has 1 aliphatic heterocycles. The van der Waals surface area contributed by atoms with Crippen molar-refractivity contribution in [2.75, 3.05) is 26.6 Å². The number of halogens is 1. The highest BCUT2D eigenvalue weighted by Gasteiger charge is 2.29. The standard InChI is InChI=1S/C21H19BrN4O4/c1-28-14-8-9-18(29-2)15(10-14)17-11-16(12-4-6-13(22)7-5-12)23-21-24-19(20(27)30-3)25-26(17)21/h4-11,17H,1-3H3,(H,23,24,25)/t17-/m0/s1. The summed E-state index contributed by atoms with van der Waals surface area (Å²) < 4.78 is 18.4. The Kier molecular flexibility index (Phi) is 5.45. The predicted octanol–water partition coefficient (Wildman–Crippen LogP) is 3.90. The molecule has 3 aromatic rings. The van der Waals surface area contributed by atoms with Crippen LogP contribution < -0.4 is 14.8 Å². The summed E-state index contributed by atoms with van der Waals surface area (Å²) in [4.78, 5) is 16.4. The summed E-state index contributed by atoms with van der Waals surface area (Å²) >= 11 is 3.46. The Bertz CT molecular complexity index is 1120. The van der Waals surface area contributed by atoms with E-state index in [0.717, 1.165) is 21.3 Å². The maximum Gasteiger partial charge on any atom is 0.378 e. The third kappa shape index (κ3) is 3.63. The number of allylic oxidation sites excluding steroid dienone is 1. The van der Waals surface area contributed by atoms with Gasteiger partial charge in [-0.25, -0.2) is 9.48 Å². The first-order chi connectivity index (χ1) is 14.5. The summed E-state index contributed by atoms with van der Waals surface area (Å²) in [5.41, 5.74) is 2.60. The van der Waals surface area contributed by atoms with E-state index in [4.69, 9.17) is 14.2 Å². The Balaban J connectivity index is 1.88. The third-order valence-corrected chi connectivity index (χ3v) is 5.27. The van der Waals surface area contributed by atoms with Gasteiger partial charge in [-0.05, 0) is 42.0 Å². The van der Waals surface area contributed by atoms with Gasteiger partial charge in [0.25, 0.3) is 5.82 Å². The smallest absolute Gasteiger partial charge is 0.378 e. The van der Waals surface area contributed by atoms with Crippen LogP contribution in [0.1, 0.15) is 27.8 Å². The fourth-order valence-electron chi connectivity index (χ4n) is 3.26. The zero-order chi connectivity index (χ0) is 21.3. The van der Waals surface area contributed by atoms with Gasteiger partial charge in [0.05, 0.1) is 21.3 Å². The maximum absolute atomic E-state index is 12.0. The van der Waals surface area contributed by atoms with Crippen LogP contribution in [0.25, 0.3) is 5.70 Å². The Hall–Kier alpha value is -3.33. The van der Waals surface area contributed by atoms with Crippen LogP contribution >= 0.6 is 15.9 Å². The number of carbonyl (C=O) groups is 1. The highest BCUT2D eigenvalue weighted by Crippen LogP contribution is 2.38. The van der Waals surface area contributed by atoms with Crippen molar-refractivity contribution in [3.05, 3.63) is 70.0 Å². The van der Waals surface area contributed by atoms with E-state index in [0.29, 0.717) is 17.4 Å². The molecule has 0 bridgehead atoms. The normalized spacial score (nSPS) is 14.9. The molecule has 0 spiro atoms. The van der Waals surface area contributed by atoms with E-state index in [1.165, 1.54) is 7.11 Å². The number of carbonyl (C=O) groups excluding carboxylic acids is 1. The van der Waals surface area contributed by atoms with Crippen LogP contribution in [0.5, 0.6) is 11.5 Å². The molecule has 0 unspecified atom stereocenters. The highest BCUT2D eigenvalue weighted by atomic mass is 79.9. The van der Waals surface area contributed by atoms with E-state index >= 15 is 0 Å². The van der Waals surface area contributed by atoms with Crippen LogP contribution in [0.2, 0.25) is 0 Å². The van der Waals surface area contributed by atoms with Gasteiger partial charge in [-0.15, -0.1) is 5.10 Å². The van der Waals surface area contributed by atoms with Crippen molar-refractivity contribution >= 4 is 33.5 Å². The number of aromatic nitrogens is 3. The summed E-state index contributed by atoms with van der Waals surface area (Å²) in [5.74, 6) is 1.12. The molecule has 1 aromatic heterocycles. The van der Waals surface area contributed by atoms with Gasteiger partial charge in [-0.2, -0.15) is 4.98 Å². The van der Waals surface area contributed by atoms with Gasteiger partial charge in [0.1, 0.15) is 17.5 Å². The predicted molar refractivity (Wildman–Crippen MR) is 115 cm³/mol. The molecule has 1 atom stereocenters. The Morgan fingerprint density at radius 3 is 2.53 bits per heavy atom. The number of rotatable bonds is 5. The largest absolute Gasteiger partial charge is 0.497 e. The lowest BCUT2D eigenvalue weighted by molar-refractivity contribution is 0.0586. The van der Waals surface area contributed by atoms with E-state index in [-0.39, 0.29) is 5.82 Å². The minimum Gasteiger partial charge on any atom is -0.497 e. The zero-order valence-electron chi connectivity index (χ0n) is 16.5. The summed E-state index contributed by atoms with van der Waals surface area (Å²) in [6, 6.07) is 13.0. The van der Waals surface area contributed by atoms with Gasteiger partial charge in [0.15, 0.2) is 0 Å². The molecule has 0 saturated heterocycles. The number of fused-ring (bicyclic) bond motifs is 1. The minimum absolute atomic E-state index is 0.0303. The molecule has 0 aliphatic carbocycles. The molecule has 9 heteroatoms. The van der Waals surface area contributed by atoms with Gasteiger partial charge in [-0.1, -0.05) is 28.1 Å². The molecule has 0 radical (unpaired) electrons. The minimum atomic E-state index is -0.611. The summed E-state index contributed by atoms with van der Waals surface area (Å²) in [7, 11) is 4.51. The molecule has 1 aliphatic rings. The number of hydrogen-bond acceptors (Lipinski definition) is 7. The molecule has 30 heavy (non-hydrogen) atoms. The van der Waals surface area contributed by atoms with Crippen molar-refractivity contribution in [3.8, 4) is 11.5 Å². The summed E-state index contributed by atoms with van der Waals surface area (Å²) in [6.45, 7) is 0. The number of nitrogens with one attached hydrogen (secondary N) is 1. The van der Waals surface area contributed by atoms with Gasteiger partial charge in [0.2, 0.25) is 5.95 Å². The molecule has 0 amide bonds. The molecule has 2 aromatic carbocycles. The third-order valence-electron chi connectivity index (χ3n) is 4.74. The van der Waals surface area contributed by atoms with Crippen molar-refractivity contribution in [2.45, 2.75) is 6.04 Å². The number of ether oxygens (including phenoxy) is 3. The van der Waals surface area contributed by atoms with Crippen LogP contribution in [0.4, 0.5) is 5.95 Å². The number of anilines is 1. The number of esters is 1. The van der Waals surface area contributed by atoms with Crippen LogP contribution in [-0.4, -0.2) is 42.1 Å². The number of nitrogens with zero attached hydrogens (tertiary/aromatic N) is 3. The second-order valence-electron chi connectivity index (χ2n) is 6.46. The second kappa shape index (κ2) is 8.19. The van der Waals surface area contributed by atoms with Crippen LogP contribution in [0.3, 0.4) is 0 Å². The quantitative estimate of drug-likeness (QED) is 0.565. The van der Waals surface area contributed by atoms with E-state index in [1.54, 1.807) is 18.9 Å². The van der Waals surface area contributed by atoms with Crippen molar-refractivity contribution in [3.63, 3.8) is 0 Å². The average molecular weight is 471 g/mol. The molecule has 1 N–H and O–H groups in total. The van der Waals surface area contributed by atoms with Crippen molar-refractivity contribution in [1.29, 1.82) is 0 Å². The van der Waals surface area contributed by atoms with Gasteiger partial charge < -0.3 is 19.5 Å². The highest BCUT2D eigenvalue weighted by molar-refractivity contribution is 9.10. The Morgan fingerprint density at radius 2 is 1.87 bits per heavy atom. The lowest BCUT2D eigenvalue weighted by Gasteiger charge is -2.25. The lowest BCUT2D eigenvalue weighted by Crippen LogP contribution is -2.21. The van der Waals surface area contributed by atoms with Gasteiger partial charge in [0, 0.05) is 15.7 Å². The molecule has 0 saturated carbocycles. The molecular weight excluding hydrogens is 452 g/mol. The Morgan fingerprint density at radius 1 is 1.10 bits per heavy atom. The summed E-state index contributed by atoms with van der Waals surface area (Å²) in [6.07, 6.45) is 2.00. The fraction of sp³-hybridized carbons (Fsp3) is 0.190. The van der Waals surface area contributed by atoms with Gasteiger partial charge >= 0.3 is 5.97 Å². The van der Waals surface area contributed by atoms with Crippen LogP contribution in [0.15, 0.2) is 53.0 Å². The first-order valence-electron chi connectivity index (χ1n) is 9.05. The van der Waals surface area contributed by atoms with Crippen molar-refractivity contribution in [2.24, 2.45) is 0 Å². The first-order valence-corrected chi connectivity index (χ1v) is 9.85. The fourth-order valence-corrected chi connectivity index (χ4v) is 3.53. The lowest BCUT2D eigenvalue weighted by atomic mass is 10.0. The molecule has 8 nitrogen and oxygen atoms in total. The number of hydrogen-bond donors (Lipinski definition) is 1. The molecule has 4 rings (SSSR count). The maximum atomic E-state index is 12.0. The second-order valence-corrected chi connectivity index (χ2v) is 7.38. The SMILES string of the molecule is COC(=O)c1nc2n(n1)[C@H](c1cc(OC)ccc1OC)C=C(c1ccc(Br)cc1)N2. The first kappa shape index (κ1) is 20.0. The van der Waals surface area contributed by atoms with E-state index < -0.39 is 12.0 Å². The van der Waals surface area contributed by atoms with Crippen LogP contribution in [0, 0.1) is 0 Å². The van der Waals surface area contributed by atoms with E-state index in [2.05, 4.69) is 31.3 Å². The molecule has 154 valence electrons. The molecular formula is C21H19BrN4O4. The topological polar surface area (TPSA) is 87.5 Å². The van der Waals surface area contributed by atoms with Crippen molar-refractivity contribution in [1.82, 2.24) is 14.8 Å². The number of methoxy groups -OCH3 is 3. The summed E-state index contributed by atoms with van der Waals surface area (Å²) in [5, 5.41) is 7.63. The van der Waals surface area contributed by atoms with Gasteiger partial charge in [-0.3, -0.25) is 0 Å². The zero-order valence-corrected chi connectivity index (χ0v) is 18.1. The van der Waals surface area contributed by atoms with E-state index in [9.17, 15) is 4.79 Å². The molecule has 2 heterocycles. The molecule has 0 fully saturated rings.